The Morgan fingerprint density at radius 1 is 1.32 bits per heavy atom. The summed E-state index contributed by atoms with van der Waals surface area (Å²) in [5.41, 5.74) is 7.83. The molecule has 134 valence electrons. The van der Waals surface area contributed by atoms with Gasteiger partial charge in [-0.15, -0.1) is 0 Å². The van der Waals surface area contributed by atoms with Crippen molar-refractivity contribution in [1.29, 1.82) is 0 Å². The number of carbonyl (C=O) groups is 2. The fourth-order valence-electron chi connectivity index (χ4n) is 3.00. The van der Waals surface area contributed by atoms with E-state index in [1.807, 2.05) is 0 Å². The monoisotopic (exact) mass is 345 g/mol. The second-order valence-electron chi connectivity index (χ2n) is 6.38. The van der Waals surface area contributed by atoms with Gasteiger partial charge in [0.25, 0.3) is 0 Å². The van der Waals surface area contributed by atoms with Crippen LogP contribution in [-0.2, 0) is 9.53 Å². The number of anilines is 2. The van der Waals surface area contributed by atoms with Crippen LogP contribution in [0.2, 0.25) is 0 Å². The van der Waals surface area contributed by atoms with Crippen LogP contribution in [0.25, 0.3) is 11.0 Å². The van der Waals surface area contributed by atoms with Gasteiger partial charge >= 0.3 is 5.97 Å². The quantitative estimate of drug-likeness (QED) is 0.719. The first kappa shape index (κ1) is 17.3. The lowest BCUT2D eigenvalue weighted by Gasteiger charge is -2.36. The van der Waals surface area contributed by atoms with E-state index < -0.39 is 11.5 Å². The molecule has 7 nitrogen and oxygen atoms in total. The second kappa shape index (κ2) is 6.40. The number of aryl methyl sites for hydroxylation is 1. The molecule has 3 rings (SSSR count). The molecule has 1 aromatic carbocycles. The molecule has 0 spiro atoms. The number of furan rings is 1. The van der Waals surface area contributed by atoms with E-state index in [0.29, 0.717) is 35.4 Å². The van der Waals surface area contributed by atoms with Gasteiger partial charge in [-0.05, 0) is 39.2 Å². The molecule has 1 saturated carbocycles. The molecular weight excluding hydrogens is 322 g/mol. The van der Waals surface area contributed by atoms with Gasteiger partial charge in [0.15, 0.2) is 0 Å². The van der Waals surface area contributed by atoms with Crippen molar-refractivity contribution in [3.63, 3.8) is 0 Å². The van der Waals surface area contributed by atoms with E-state index in [0.717, 1.165) is 11.8 Å². The highest BCUT2D eigenvalue weighted by Gasteiger charge is 2.40. The van der Waals surface area contributed by atoms with E-state index in [4.69, 9.17) is 14.9 Å². The molecule has 25 heavy (non-hydrogen) atoms. The molecule has 0 aliphatic heterocycles. The Labute approximate surface area is 145 Å². The van der Waals surface area contributed by atoms with Gasteiger partial charge in [0.05, 0.1) is 23.5 Å². The molecule has 1 aliphatic carbocycles. The highest BCUT2D eigenvalue weighted by molar-refractivity contribution is 6.05. The van der Waals surface area contributed by atoms with Crippen LogP contribution in [0.4, 0.5) is 11.4 Å². The fraction of sp³-hybridized carbons (Fsp3) is 0.444. The first-order chi connectivity index (χ1) is 11.9. The van der Waals surface area contributed by atoms with Gasteiger partial charge in [0.2, 0.25) is 11.7 Å². The molecule has 2 aromatic rings. The number of ether oxygens (including phenoxy) is 1. The Hall–Kier alpha value is -2.54. The summed E-state index contributed by atoms with van der Waals surface area (Å²) in [7, 11) is 1.75. The number of fused-ring (bicyclic) bond motifs is 1. The van der Waals surface area contributed by atoms with Crippen LogP contribution in [0.15, 0.2) is 16.5 Å². The molecule has 0 unspecified atom stereocenters. The second-order valence-corrected chi connectivity index (χ2v) is 6.38. The molecular formula is C18H23N3O4. The zero-order chi connectivity index (χ0) is 18.2. The number of nitrogens with two attached hydrogens (primary N) is 1. The van der Waals surface area contributed by atoms with E-state index in [2.05, 4.69) is 10.6 Å². The number of nitrogens with one attached hydrogen (secondary N) is 2. The van der Waals surface area contributed by atoms with Crippen molar-refractivity contribution in [2.75, 3.05) is 24.3 Å². The normalized spacial score (nSPS) is 15.5. The summed E-state index contributed by atoms with van der Waals surface area (Å²) < 4.78 is 10.7. The predicted molar refractivity (Wildman–Crippen MR) is 95.9 cm³/mol. The Bertz CT molecular complexity index is 836. The van der Waals surface area contributed by atoms with E-state index >= 15 is 0 Å². The number of esters is 1. The van der Waals surface area contributed by atoms with Crippen molar-refractivity contribution >= 4 is 34.2 Å². The molecule has 1 fully saturated rings. The van der Waals surface area contributed by atoms with E-state index in [1.165, 1.54) is 0 Å². The summed E-state index contributed by atoms with van der Waals surface area (Å²) in [6, 6.07) is 3.55. The Morgan fingerprint density at radius 3 is 2.60 bits per heavy atom. The minimum absolute atomic E-state index is 0.177. The zero-order valence-electron chi connectivity index (χ0n) is 14.7. The average molecular weight is 345 g/mol. The lowest BCUT2D eigenvalue weighted by Crippen LogP contribution is -2.56. The largest absolute Gasteiger partial charge is 0.460 e. The molecule has 0 bridgehead atoms. The van der Waals surface area contributed by atoms with Crippen molar-refractivity contribution < 1.29 is 18.7 Å². The summed E-state index contributed by atoms with van der Waals surface area (Å²) in [5.74, 6) is -0.513. The van der Waals surface area contributed by atoms with Crippen molar-refractivity contribution in [3.05, 3.63) is 23.5 Å². The molecule has 4 N–H and O–H groups in total. The molecule has 0 atom stereocenters. The van der Waals surface area contributed by atoms with Crippen LogP contribution in [0.5, 0.6) is 0 Å². The predicted octanol–water partition coefficient (Wildman–Crippen LogP) is 2.78. The average Bonchev–Trinajstić information content (AvgIpc) is 2.88. The Kier molecular flexibility index (Phi) is 4.43. The summed E-state index contributed by atoms with van der Waals surface area (Å²) in [6.45, 7) is 3.81. The van der Waals surface area contributed by atoms with Crippen LogP contribution < -0.4 is 16.4 Å². The maximum Gasteiger partial charge on any atom is 0.374 e. The van der Waals surface area contributed by atoms with E-state index in [1.54, 1.807) is 33.0 Å². The van der Waals surface area contributed by atoms with Crippen LogP contribution in [0.1, 0.15) is 42.3 Å². The summed E-state index contributed by atoms with van der Waals surface area (Å²) in [6.07, 6.45) is 2.34. The van der Waals surface area contributed by atoms with Crippen LogP contribution >= 0.6 is 0 Å². The van der Waals surface area contributed by atoms with Crippen LogP contribution in [0.3, 0.4) is 0 Å². The first-order valence-corrected chi connectivity index (χ1v) is 8.42. The fourth-order valence-corrected chi connectivity index (χ4v) is 3.00. The number of hydrogen-bond acceptors (Lipinski definition) is 6. The molecule has 7 heteroatoms. The molecule has 1 aliphatic rings. The third-order valence-corrected chi connectivity index (χ3v) is 4.75. The van der Waals surface area contributed by atoms with Gasteiger partial charge in [0, 0.05) is 24.1 Å². The van der Waals surface area contributed by atoms with Gasteiger partial charge in [-0.2, -0.15) is 0 Å². The van der Waals surface area contributed by atoms with Crippen LogP contribution in [-0.4, -0.2) is 31.1 Å². The highest BCUT2D eigenvalue weighted by atomic mass is 16.5. The minimum Gasteiger partial charge on any atom is -0.460 e. The smallest absolute Gasteiger partial charge is 0.374 e. The number of benzene rings is 1. The van der Waals surface area contributed by atoms with E-state index in [9.17, 15) is 9.59 Å². The maximum atomic E-state index is 12.4. The zero-order valence-corrected chi connectivity index (χ0v) is 14.7. The molecule has 1 heterocycles. The molecule has 1 amide bonds. The lowest BCUT2D eigenvalue weighted by atomic mass is 9.77. The third kappa shape index (κ3) is 2.95. The van der Waals surface area contributed by atoms with Crippen molar-refractivity contribution in [3.8, 4) is 0 Å². The van der Waals surface area contributed by atoms with E-state index in [-0.39, 0.29) is 18.3 Å². The van der Waals surface area contributed by atoms with Gasteiger partial charge in [-0.3, -0.25) is 4.79 Å². The van der Waals surface area contributed by atoms with Crippen molar-refractivity contribution in [2.24, 2.45) is 5.73 Å². The summed E-state index contributed by atoms with van der Waals surface area (Å²) >= 11 is 0. The standard InChI is InChI=1S/C18H23N3O4/c1-4-24-16(22)15-10(2)11-8-13(12(20-3)9-14(11)25-15)21-17(23)18(19)6-5-7-18/h8-9,20H,4-7,19H2,1-3H3,(H,21,23). The number of amides is 1. The first-order valence-electron chi connectivity index (χ1n) is 8.42. The van der Waals surface area contributed by atoms with Crippen molar-refractivity contribution in [1.82, 2.24) is 0 Å². The van der Waals surface area contributed by atoms with Gasteiger partial charge in [-0.25, -0.2) is 4.79 Å². The molecule has 0 radical (unpaired) electrons. The SMILES string of the molecule is CCOC(=O)c1oc2cc(NC)c(NC(=O)C3(N)CCC3)cc2c1C. The van der Waals surface area contributed by atoms with Gasteiger partial charge < -0.3 is 25.5 Å². The topological polar surface area (TPSA) is 107 Å². The third-order valence-electron chi connectivity index (χ3n) is 4.75. The number of carbonyl (C=O) groups excluding carboxylic acids is 2. The van der Waals surface area contributed by atoms with Crippen LogP contribution in [0, 0.1) is 6.92 Å². The van der Waals surface area contributed by atoms with Crippen molar-refractivity contribution in [2.45, 2.75) is 38.6 Å². The Morgan fingerprint density at radius 2 is 2.04 bits per heavy atom. The van der Waals surface area contributed by atoms with Gasteiger partial charge in [-0.1, -0.05) is 0 Å². The molecule has 0 saturated heterocycles. The minimum atomic E-state index is -0.790. The summed E-state index contributed by atoms with van der Waals surface area (Å²) in [4.78, 5) is 24.5. The molecule has 1 aromatic heterocycles. The Balaban J connectivity index is 1.99. The lowest BCUT2D eigenvalue weighted by molar-refractivity contribution is -0.123. The number of hydrogen-bond donors (Lipinski definition) is 3. The highest BCUT2D eigenvalue weighted by Crippen LogP contribution is 2.35. The summed E-state index contributed by atoms with van der Waals surface area (Å²) in [5, 5.41) is 6.68. The number of rotatable bonds is 5. The van der Waals surface area contributed by atoms with Gasteiger partial charge in [0.1, 0.15) is 5.58 Å². The maximum absolute atomic E-state index is 12.4.